The molecule has 3 heterocycles. The van der Waals surface area contributed by atoms with E-state index >= 15 is 0 Å². The quantitative estimate of drug-likeness (QED) is 0.904. The van der Waals surface area contributed by atoms with Crippen LogP contribution in [0.25, 0.3) is 0 Å². The maximum atomic E-state index is 12.3. The van der Waals surface area contributed by atoms with E-state index < -0.39 is 10.0 Å². The number of hydrogen-bond donors (Lipinski definition) is 1. The fourth-order valence-corrected chi connectivity index (χ4v) is 5.70. The highest BCUT2D eigenvalue weighted by Gasteiger charge is 2.29. The first kappa shape index (κ1) is 13.2. The number of hydrogen-bond acceptors (Lipinski definition) is 5. The minimum absolute atomic E-state index is 0.295. The van der Waals surface area contributed by atoms with Crippen molar-refractivity contribution in [1.82, 2.24) is 19.5 Å². The normalized spacial score (nSPS) is 19.3. The van der Waals surface area contributed by atoms with E-state index in [-0.39, 0.29) is 6.04 Å². The summed E-state index contributed by atoms with van der Waals surface area (Å²) < 4.78 is 30.0. The molecule has 1 unspecified atom stereocenters. The lowest BCUT2D eigenvalue weighted by molar-refractivity contribution is 0.400. The molecular weight excluding hydrogens is 352 g/mol. The lowest BCUT2D eigenvalue weighted by atomic mass is 10.1. The molecule has 0 saturated carbocycles. The van der Waals surface area contributed by atoms with Crippen LogP contribution in [0.15, 0.2) is 26.5 Å². The van der Waals surface area contributed by atoms with E-state index in [1.54, 1.807) is 16.1 Å². The lowest BCUT2D eigenvalue weighted by Gasteiger charge is -2.22. The first-order valence-corrected chi connectivity index (χ1v) is 8.86. The van der Waals surface area contributed by atoms with Gasteiger partial charge in [-0.05, 0) is 40.2 Å². The number of rotatable bonds is 3. The molecule has 0 radical (unpaired) electrons. The van der Waals surface area contributed by atoms with Crippen molar-refractivity contribution in [2.24, 2.45) is 0 Å². The Balaban J connectivity index is 1.90. The Morgan fingerprint density at radius 3 is 3.11 bits per heavy atom. The second kappa shape index (κ2) is 4.97. The maximum absolute atomic E-state index is 12.3. The molecule has 1 atom stereocenters. The molecule has 0 aromatic carbocycles. The van der Waals surface area contributed by atoms with E-state index in [1.165, 1.54) is 17.7 Å². The van der Waals surface area contributed by atoms with Gasteiger partial charge in [0, 0.05) is 11.0 Å². The average Bonchev–Trinajstić information content (AvgIpc) is 2.97. The first-order valence-electron chi connectivity index (χ1n) is 5.71. The Labute approximate surface area is 123 Å². The van der Waals surface area contributed by atoms with Crippen LogP contribution in [0.2, 0.25) is 0 Å². The van der Waals surface area contributed by atoms with Gasteiger partial charge in [-0.25, -0.2) is 18.1 Å². The monoisotopic (exact) mass is 362 g/mol. The average molecular weight is 363 g/mol. The molecule has 6 nitrogen and oxygen atoms in total. The molecule has 1 aliphatic rings. The second-order valence-corrected chi connectivity index (χ2v) is 7.89. The molecule has 2 aromatic rings. The summed E-state index contributed by atoms with van der Waals surface area (Å²) in [6.07, 6.45) is 3.08. The van der Waals surface area contributed by atoms with E-state index in [0.29, 0.717) is 14.5 Å². The Morgan fingerprint density at radius 2 is 2.37 bits per heavy atom. The Kier molecular flexibility index (Phi) is 3.46. The third-order valence-corrected chi connectivity index (χ3v) is 7.09. The summed E-state index contributed by atoms with van der Waals surface area (Å²) in [4.78, 5) is 4.14. The number of sulfonamides is 1. The van der Waals surface area contributed by atoms with Gasteiger partial charge >= 0.3 is 0 Å². The summed E-state index contributed by atoms with van der Waals surface area (Å²) in [5.41, 5.74) is 0. The van der Waals surface area contributed by atoms with E-state index in [0.717, 1.165) is 19.4 Å². The predicted octanol–water partition coefficient (Wildman–Crippen LogP) is 1.92. The van der Waals surface area contributed by atoms with Gasteiger partial charge in [-0.15, -0.1) is 11.3 Å². The van der Waals surface area contributed by atoms with Crippen molar-refractivity contribution in [2.75, 3.05) is 0 Å². The molecule has 0 spiro atoms. The Bertz CT molecular complexity index is 694. The van der Waals surface area contributed by atoms with Crippen LogP contribution in [0.4, 0.5) is 0 Å². The van der Waals surface area contributed by atoms with Crippen LogP contribution in [-0.2, 0) is 16.6 Å². The topological polar surface area (TPSA) is 76.9 Å². The highest BCUT2D eigenvalue weighted by Crippen LogP contribution is 2.30. The van der Waals surface area contributed by atoms with Crippen LogP contribution in [-0.4, -0.2) is 23.2 Å². The molecular formula is C10H11BrN4O2S2. The number of halogens is 1. The van der Waals surface area contributed by atoms with E-state index in [2.05, 4.69) is 30.7 Å². The van der Waals surface area contributed by atoms with Gasteiger partial charge in [0.05, 0.1) is 6.04 Å². The molecule has 0 aliphatic carbocycles. The molecule has 102 valence electrons. The Morgan fingerprint density at radius 1 is 1.53 bits per heavy atom. The first-order chi connectivity index (χ1) is 9.08. The second-order valence-electron chi connectivity index (χ2n) is 4.21. The molecule has 2 aromatic heterocycles. The van der Waals surface area contributed by atoms with Gasteiger partial charge in [0.2, 0.25) is 0 Å². The van der Waals surface area contributed by atoms with E-state index in [4.69, 9.17) is 0 Å². The largest absolute Gasteiger partial charge is 0.251 e. The molecule has 0 bridgehead atoms. The molecule has 3 rings (SSSR count). The van der Waals surface area contributed by atoms with Gasteiger partial charge in [0.1, 0.15) is 16.4 Å². The van der Waals surface area contributed by atoms with Crippen molar-refractivity contribution in [3.8, 4) is 0 Å². The molecule has 9 heteroatoms. The van der Waals surface area contributed by atoms with Crippen molar-refractivity contribution >= 4 is 37.3 Å². The number of aryl methyl sites for hydroxylation is 1. The van der Waals surface area contributed by atoms with Crippen molar-refractivity contribution in [1.29, 1.82) is 0 Å². The number of aromatic nitrogens is 3. The summed E-state index contributed by atoms with van der Waals surface area (Å²) in [5, 5.41) is 5.82. The zero-order chi connectivity index (χ0) is 13.5. The number of nitrogens with zero attached hydrogens (tertiary/aromatic N) is 3. The zero-order valence-corrected chi connectivity index (χ0v) is 13.0. The molecule has 1 aliphatic heterocycles. The summed E-state index contributed by atoms with van der Waals surface area (Å²) in [5.74, 6) is 0.683. The molecule has 0 amide bonds. The smallest absolute Gasteiger partial charge is 0.248 e. The summed E-state index contributed by atoms with van der Waals surface area (Å²) in [6.45, 7) is 0.788. The third-order valence-electron chi connectivity index (χ3n) is 2.95. The number of nitrogens with one attached hydrogen (secondary N) is 1. The van der Waals surface area contributed by atoms with Crippen LogP contribution in [0.1, 0.15) is 24.7 Å². The maximum Gasteiger partial charge on any atom is 0.251 e. The molecule has 19 heavy (non-hydrogen) atoms. The SMILES string of the molecule is O=S(=O)(NC1CCCn2ncnc21)c1sccc1Br. The van der Waals surface area contributed by atoms with Gasteiger partial charge in [-0.3, -0.25) is 0 Å². The van der Waals surface area contributed by atoms with Crippen LogP contribution in [0.5, 0.6) is 0 Å². The van der Waals surface area contributed by atoms with Crippen LogP contribution in [0, 0.1) is 0 Å². The number of fused-ring (bicyclic) bond motifs is 1. The van der Waals surface area contributed by atoms with Gasteiger partial charge in [0.15, 0.2) is 0 Å². The molecule has 0 saturated heterocycles. The van der Waals surface area contributed by atoms with Gasteiger partial charge in [0.25, 0.3) is 10.0 Å². The minimum Gasteiger partial charge on any atom is -0.248 e. The van der Waals surface area contributed by atoms with Crippen molar-refractivity contribution in [2.45, 2.75) is 29.6 Å². The van der Waals surface area contributed by atoms with Gasteiger partial charge in [-0.1, -0.05) is 0 Å². The fourth-order valence-electron chi connectivity index (χ4n) is 2.11. The molecule has 0 fully saturated rings. The number of thiophene rings is 1. The zero-order valence-electron chi connectivity index (χ0n) is 9.78. The van der Waals surface area contributed by atoms with Crippen molar-refractivity contribution in [3.05, 3.63) is 28.1 Å². The van der Waals surface area contributed by atoms with Crippen molar-refractivity contribution < 1.29 is 8.42 Å². The van der Waals surface area contributed by atoms with Gasteiger partial charge in [-0.2, -0.15) is 9.82 Å². The summed E-state index contributed by atoms with van der Waals surface area (Å²) in [7, 11) is -3.53. The van der Waals surface area contributed by atoms with Crippen molar-refractivity contribution in [3.63, 3.8) is 0 Å². The van der Waals surface area contributed by atoms with Gasteiger partial charge < -0.3 is 0 Å². The van der Waals surface area contributed by atoms with E-state index in [1.807, 2.05) is 0 Å². The fraction of sp³-hybridized carbons (Fsp3) is 0.400. The van der Waals surface area contributed by atoms with E-state index in [9.17, 15) is 8.42 Å². The van der Waals surface area contributed by atoms with Crippen LogP contribution < -0.4 is 4.72 Å². The Hall–Kier alpha value is -0.770. The third kappa shape index (κ3) is 2.47. The highest BCUT2D eigenvalue weighted by atomic mass is 79.9. The van der Waals surface area contributed by atoms with Crippen LogP contribution >= 0.6 is 27.3 Å². The minimum atomic E-state index is -3.53. The lowest BCUT2D eigenvalue weighted by Crippen LogP contribution is -2.33. The standard InChI is InChI=1S/C10H11BrN4O2S2/c11-7-3-5-18-10(7)19(16,17)14-8-2-1-4-15-9(8)12-6-13-15/h3,5-6,8,14H,1-2,4H2. The predicted molar refractivity (Wildman–Crippen MR) is 74.3 cm³/mol. The van der Waals surface area contributed by atoms with Crippen LogP contribution in [0.3, 0.4) is 0 Å². The summed E-state index contributed by atoms with van der Waals surface area (Å²) in [6, 6.07) is 1.41. The summed E-state index contributed by atoms with van der Waals surface area (Å²) >= 11 is 4.44. The molecule has 1 N–H and O–H groups in total. The highest BCUT2D eigenvalue weighted by molar-refractivity contribution is 9.10.